The van der Waals surface area contributed by atoms with E-state index < -0.39 is 5.92 Å². The van der Waals surface area contributed by atoms with Crippen LogP contribution in [0.5, 0.6) is 5.75 Å². The van der Waals surface area contributed by atoms with Crippen molar-refractivity contribution in [1.29, 1.82) is 0 Å². The number of halogens is 1. The number of aryl methyl sites for hydroxylation is 2. The van der Waals surface area contributed by atoms with Gasteiger partial charge in [-0.1, -0.05) is 30.3 Å². The van der Waals surface area contributed by atoms with E-state index in [1.165, 1.54) is 12.1 Å². The predicted octanol–water partition coefficient (Wildman–Crippen LogP) is 3.23. The second kappa shape index (κ2) is 7.90. The molecule has 0 saturated heterocycles. The fourth-order valence-corrected chi connectivity index (χ4v) is 3.65. The molecule has 0 bridgehead atoms. The maximum absolute atomic E-state index is 13.2. The van der Waals surface area contributed by atoms with Crippen molar-refractivity contribution in [3.05, 3.63) is 109 Å². The van der Waals surface area contributed by atoms with Gasteiger partial charge in [0.25, 0.3) is 11.1 Å². The molecule has 7 nitrogen and oxygen atoms in total. The Kier molecular flexibility index (Phi) is 5.14. The van der Waals surface area contributed by atoms with Crippen LogP contribution in [0.1, 0.15) is 39.6 Å². The third kappa shape index (κ3) is 3.59. The van der Waals surface area contributed by atoms with Gasteiger partial charge in [0.15, 0.2) is 0 Å². The molecule has 2 aromatic carbocycles. The number of hydrogen-bond donors (Lipinski definition) is 4. The van der Waals surface area contributed by atoms with Gasteiger partial charge in [-0.15, -0.1) is 0 Å². The maximum atomic E-state index is 13.2. The number of nitrogens with one attached hydrogen (secondary N) is 4. The zero-order chi connectivity index (χ0) is 21.3. The van der Waals surface area contributed by atoms with E-state index in [9.17, 15) is 14.0 Å². The molecule has 0 spiro atoms. The van der Waals surface area contributed by atoms with Gasteiger partial charge < -0.3 is 14.9 Å². The summed E-state index contributed by atoms with van der Waals surface area (Å²) in [4.78, 5) is 25.2. The van der Waals surface area contributed by atoms with Gasteiger partial charge in [0.05, 0.1) is 17.0 Å². The van der Waals surface area contributed by atoms with E-state index in [4.69, 9.17) is 4.74 Å². The second-order valence-corrected chi connectivity index (χ2v) is 7.12. The third-order valence-corrected chi connectivity index (χ3v) is 5.14. The van der Waals surface area contributed by atoms with Crippen molar-refractivity contribution in [2.75, 3.05) is 0 Å². The summed E-state index contributed by atoms with van der Waals surface area (Å²) in [5.74, 6) is -0.422. The second-order valence-electron chi connectivity index (χ2n) is 7.12. The lowest BCUT2D eigenvalue weighted by Gasteiger charge is -2.20. The molecule has 0 aliphatic rings. The van der Waals surface area contributed by atoms with Gasteiger partial charge in [-0.05, 0) is 37.6 Å². The highest BCUT2D eigenvalue weighted by Crippen LogP contribution is 2.36. The van der Waals surface area contributed by atoms with E-state index in [0.29, 0.717) is 33.8 Å². The number of rotatable bonds is 6. The van der Waals surface area contributed by atoms with Crippen molar-refractivity contribution < 1.29 is 9.13 Å². The van der Waals surface area contributed by atoms with E-state index in [-0.39, 0.29) is 23.5 Å². The number of H-pyrrole nitrogens is 4. The molecule has 0 fully saturated rings. The zero-order valence-electron chi connectivity index (χ0n) is 16.5. The molecule has 4 aromatic rings. The van der Waals surface area contributed by atoms with Crippen molar-refractivity contribution in [2.24, 2.45) is 0 Å². The molecule has 4 N–H and O–H groups in total. The van der Waals surface area contributed by atoms with Crippen LogP contribution in [-0.2, 0) is 6.61 Å². The lowest BCUT2D eigenvalue weighted by atomic mass is 9.85. The zero-order valence-corrected chi connectivity index (χ0v) is 16.5. The summed E-state index contributed by atoms with van der Waals surface area (Å²) in [6.07, 6.45) is 0. The predicted molar refractivity (Wildman–Crippen MR) is 110 cm³/mol. The van der Waals surface area contributed by atoms with Crippen molar-refractivity contribution >= 4 is 0 Å². The maximum Gasteiger partial charge on any atom is 0.268 e. The minimum Gasteiger partial charge on any atom is -0.489 e. The van der Waals surface area contributed by atoms with Crippen LogP contribution in [0.3, 0.4) is 0 Å². The standard InChI is InChI=1S/C22H21FN4O3/c1-12-18(21(28)26-24-12)20(19-13(2)25-27-22(19)29)16-5-3-4-6-17(16)30-11-14-7-9-15(23)10-8-14/h3-10,20H,11H2,1-2H3,(H2,24,26,28)(H2,25,27,29). The summed E-state index contributed by atoms with van der Waals surface area (Å²) < 4.78 is 19.2. The van der Waals surface area contributed by atoms with Crippen LogP contribution >= 0.6 is 0 Å². The fourth-order valence-electron chi connectivity index (χ4n) is 3.65. The molecule has 0 aliphatic heterocycles. The Bertz CT molecular complexity index is 1230. The minimum absolute atomic E-state index is 0.217. The van der Waals surface area contributed by atoms with Gasteiger partial charge in [0.1, 0.15) is 18.2 Å². The highest BCUT2D eigenvalue weighted by molar-refractivity contribution is 5.50. The first-order valence-corrected chi connectivity index (χ1v) is 9.46. The van der Waals surface area contributed by atoms with E-state index in [0.717, 1.165) is 5.56 Å². The van der Waals surface area contributed by atoms with Gasteiger partial charge in [-0.2, -0.15) is 0 Å². The van der Waals surface area contributed by atoms with Crippen molar-refractivity contribution in [2.45, 2.75) is 26.4 Å². The van der Waals surface area contributed by atoms with Crippen molar-refractivity contribution in [1.82, 2.24) is 20.4 Å². The molecule has 0 saturated carbocycles. The average Bonchev–Trinajstić information content (AvgIpc) is 3.25. The molecule has 0 atom stereocenters. The molecule has 2 aromatic heterocycles. The number of benzene rings is 2. The number of para-hydroxylation sites is 1. The summed E-state index contributed by atoms with van der Waals surface area (Å²) in [6.45, 7) is 3.77. The van der Waals surface area contributed by atoms with Gasteiger partial charge in [0, 0.05) is 17.0 Å². The van der Waals surface area contributed by atoms with Crippen LogP contribution in [0.25, 0.3) is 0 Å². The first kappa shape index (κ1) is 19.5. The van der Waals surface area contributed by atoms with Crippen LogP contribution in [-0.4, -0.2) is 20.4 Å². The Morgan fingerprint density at radius 3 is 1.93 bits per heavy atom. The average molecular weight is 408 g/mol. The van der Waals surface area contributed by atoms with Crippen LogP contribution < -0.4 is 15.9 Å². The molecule has 30 heavy (non-hydrogen) atoms. The van der Waals surface area contributed by atoms with E-state index >= 15 is 0 Å². The van der Waals surface area contributed by atoms with E-state index in [1.54, 1.807) is 32.0 Å². The first-order chi connectivity index (χ1) is 14.5. The Balaban J connectivity index is 1.81. The summed E-state index contributed by atoms with van der Waals surface area (Å²) in [5, 5.41) is 10.9. The van der Waals surface area contributed by atoms with Gasteiger partial charge >= 0.3 is 0 Å². The lowest BCUT2D eigenvalue weighted by molar-refractivity contribution is 0.302. The van der Waals surface area contributed by atoms with Gasteiger partial charge in [-0.25, -0.2) is 4.39 Å². The smallest absolute Gasteiger partial charge is 0.268 e. The van der Waals surface area contributed by atoms with Crippen LogP contribution in [0.4, 0.5) is 4.39 Å². The summed E-state index contributed by atoms with van der Waals surface area (Å²) in [6, 6.07) is 13.3. The number of hydrogen-bond acceptors (Lipinski definition) is 3. The van der Waals surface area contributed by atoms with E-state index in [2.05, 4.69) is 20.4 Å². The number of ether oxygens (including phenoxy) is 1. The topological polar surface area (TPSA) is 107 Å². The third-order valence-electron chi connectivity index (χ3n) is 5.14. The summed E-state index contributed by atoms with van der Waals surface area (Å²) in [5.41, 5.74) is 3.05. The molecule has 8 heteroatoms. The molecular weight excluding hydrogens is 387 g/mol. The largest absolute Gasteiger partial charge is 0.489 e. The van der Waals surface area contributed by atoms with Crippen molar-refractivity contribution in [3.8, 4) is 5.75 Å². The molecular formula is C22H21FN4O3. The van der Waals surface area contributed by atoms with Crippen molar-refractivity contribution in [3.63, 3.8) is 0 Å². The SMILES string of the molecule is Cc1[nH][nH]c(=O)c1C(c1ccccc1OCc1ccc(F)cc1)c1c(C)[nH][nH]c1=O. The molecule has 4 rings (SSSR count). The minimum atomic E-state index is -0.639. The quantitative estimate of drug-likeness (QED) is 0.393. The Morgan fingerprint density at radius 1 is 0.833 bits per heavy atom. The van der Waals surface area contributed by atoms with Crippen LogP contribution in [0, 0.1) is 19.7 Å². The normalized spacial score (nSPS) is 11.2. The summed E-state index contributed by atoms with van der Waals surface area (Å²) in [7, 11) is 0. The molecule has 2 heterocycles. The Hall–Kier alpha value is -3.81. The Morgan fingerprint density at radius 2 is 1.40 bits per heavy atom. The van der Waals surface area contributed by atoms with Crippen LogP contribution in [0.2, 0.25) is 0 Å². The number of aromatic amines is 4. The highest BCUT2D eigenvalue weighted by atomic mass is 19.1. The number of aromatic nitrogens is 4. The lowest BCUT2D eigenvalue weighted by Crippen LogP contribution is -2.21. The van der Waals surface area contributed by atoms with E-state index in [1.807, 2.05) is 18.2 Å². The van der Waals surface area contributed by atoms with Gasteiger partial charge in [0.2, 0.25) is 0 Å². The van der Waals surface area contributed by atoms with Gasteiger partial charge in [-0.3, -0.25) is 19.8 Å². The fraction of sp³-hybridized carbons (Fsp3) is 0.182. The molecule has 0 unspecified atom stereocenters. The molecule has 0 amide bonds. The monoisotopic (exact) mass is 408 g/mol. The highest BCUT2D eigenvalue weighted by Gasteiger charge is 2.30. The molecule has 0 radical (unpaired) electrons. The molecule has 154 valence electrons. The first-order valence-electron chi connectivity index (χ1n) is 9.46. The summed E-state index contributed by atoms with van der Waals surface area (Å²) >= 11 is 0. The molecule has 0 aliphatic carbocycles. The Labute approximate surface area is 170 Å². The van der Waals surface area contributed by atoms with Crippen LogP contribution in [0.15, 0.2) is 58.1 Å².